The first-order chi connectivity index (χ1) is 13.5. The van der Waals surface area contributed by atoms with E-state index in [9.17, 15) is 14.4 Å². The van der Waals surface area contributed by atoms with Crippen molar-refractivity contribution in [2.24, 2.45) is 0 Å². The largest absolute Gasteiger partial charge is 0.335 e. The van der Waals surface area contributed by atoms with Crippen LogP contribution >= 0.6 is 15.9 Å². The molecular formula is C21H14BrN3O3. The number of para-hydroxylation sites is 1. The summed E-state index contributed by atoms with van der Waals surface area (Å²) in [4.78, 5) is 38.6. The Hall–Kier alpha value is -3.45. The molecule has 0 radical (unpaired) electrons. The molecule has 0 spiro atoms. The Kier molecular flexibility index (Phi) is 4.67. The van der Waals surface area contributed by atoms with Crippen LogP contribution in [0.15, 0.2) is 83.0 Å². The summed E-state index contributed by atoms with van der Waals surface area (Å²) in [5, 5.41) is 2.23. The normalized spacial score (nSPS) is 15.8. The van der Waals surface area contributed by atoms with E-state index in [1.165, 1.54) is 6.08 Å². The maximum atomic E-state index is 13.0. The van der Waals surface area contributed by atoms with Gasteiger partial charge in [-0.15, -0.1) is 0 Å². The van der Waals surface area contributed by atoms with Crippen molar-refractivity contribution in [3.8, 4) is 5.69 Å². The lowest BCUT2D eigenvalue weighted by Crippen LogP contribution is -2.54. The summed E-state index contributed by atoms with van der Waals surface area (Å²) in [6, 6.07) is 19.1. The molecular weight excluding hydrogens is 422 g/mol. The number of aromatic nitrogens is 1. The number of rotatable bonds is 3. The Morgan fingerprint density at radius 2 is 1.61 bits per heavy atom. The number of hydrogen-bond donors (Lipinski definition) is 1. The molecule has 0 atom stereocenters. The Bertz CT molecular complexity index is 1120. The molecule has 7 heteroatoms. The van der Waals surface area contributed by atoms with Crippen molar-refractivity contribution in [3.63, 3.8) is 0 Å². The van der Waals surface area contributed by atoms with Crippen molar-refractivity contribution in [3.05, 3.63) is 88.7 Å². The number of halogens is 1. The van der Waals surface area contributed by atoms with Gasteiger partial charge in [-0.3, -0.25) is 14.9 Å². The molecule has 1 aliphatic heterocycles. The lowest BCUT2D eigenvalue weighted by Gasteiger charge is -2.26. The lowest BCUT2D eigenvalue weighted by atomic mass is 10.1. The minimum atomic E-state index is -0.774. The van der Waals surface area contributed by atoms with Gasteiger partial charge in [-0.2, -0.15) is 0 Å². The summed E-state index contributed by atoms with van der Waals surface area (Å²) in [5.41, 5.74) is 1.79. The average molecular weight is 436 g/mol. The molecule has 28 heavy (non-hydrogen) atoms. The molecule has 2 aromatic carbocycles. The fourth-order valence-electron chi connectivity index (χ4n) is 2.99. The molecule has 1 N–H and O–H groups in total. The highest BCUT2D eigenvalue weighted by Gasteiger charge is 2.37. The number of benzene rings is 2. The predicted molar refractivity (Wildman–Crippen MR) is 109 cm³/mol. The summed E-state index contributed by atoms with van der Waals surface area (Å²) in [6.07, 6.45) is 3.33. The van der Waals surface area contributed by atoms with Gasteiger partial charge in [0.15, 0.2) is 0 Å². The molecule has 0 unspecified atom stereocenters. The molecule has 1 fully saturated rings. The number of carbonyl (C=O) groups excluding carboxylic acids is 3. The standard InChI is InChI=1S/C21H14BrN3O3/c22-14-6-4-9-17(12-14)25-20(27)18(19(26)23-21(25)28)13-16-10-5-11-24(16)15-7-2-1-3-8-15/h1-13H,(H,23,26,28)/b18-13-. The van der Waals surface area contributed by atoms with Gasteiger partial charge in [0.25, 0.3) is 11.8 Å². The van der Waals surface area contributed by atoms with Crippen LogP contribution in [0, 0.1) is 0 Å². The summed E-state index contributed by atoms with van der Waals surface area (Å²) in [7, 11) is 0. The van der Waals surface area contributed by atoms with E-state index in [-0.39, 0.29) is 5.57 Å². The topological polar surface area (TPSA) is 71.4 Å². The molecule has 0 aliphatic carbocycles. The van der Waals surface area contributed by atoms with Crippen LogP contribution in [0.1, 0.15) is 5.69 Å². The molecule has 4 rings (SSSR count). The molecule has 1 saturated heterocycles. The third kappa shape index (κ3) is 3.27. The number of amides is 4. The number of imide groups is 2. The van der Waals surface area contributed by atoms with E-state index < -0.39 is 17.8 Å². The Balaban J connectivity index is 1.76. The van der Waals surface area contributed by atoms with Gasteiger partial charge in [0.05, 0.1) is 5.69 Å². The lowest BCUT2D eigenvalue weighted by molar-refractivity contribution is -0.122. The van der Waals surface area contributed by atoms with Crippen molar-refractivity contribution in [2.45, 2.75) is 0 Å². The SMILES string of the molecule is O=C1NC(=O)N(c2cccc(Br)c2)C(=O)/C1=C\c1cccn1-c1ccccc1. The highest BCUT2D eigenvalue weighted by Crippen LogP contribution is 2.25. The molecule has 0 bridgehead atoms. The number of nitrogens with one attached hydrogen (secondary N) is 1. The van der Waals surface area contributed by atoms with E-state index in [2.05, 4.69) is 21.2 Å². The predicted octanol–water partition coefficient (Wildman–Crippen LogP) is 3.91. The van der Waals surface area contributed by atoms with Crippen LogP contribution in [0.25, 0.3) is 11.8 Å². The third-order valence-corrected chi connectivity index (χ3v) is 4.77. The number of urea groups is 1. The average Bonchev–Trinajstić information content (AvgIpc) is 3.14. The molecule has 138 valence electrons. The number of barbiturate groups is 1. The van der Waals surface area contributed by atoms with Gasteiger partial charge in [-0.05, 0) is 48.5 Å². The van der Waals surface area contributed by atoms with Crippen LogP contribution in [0.2, 0.25) is 0 Å². The van der Waals surface area contributed by atoms with Gasteiger partial charge in [0.2, 0.25) is 0 Å². The number of carbonyl (C=O) groups is 3. The van der Waals surface area contributed by atoms with Gasteiger partial charge in [0, 0.05) is 22.1 Å². The van der Waals surface area contributed by atoms with E-state index in [0.29, 0.717) is 15.9 Å². The van der Waals surface area contributed by atoms with E-state index in [1.807, 2.05) is 47.2 Å². The zero-order chi connectivity index (χ0) is 19.7. The van der Waals surface area contributed by atoms with Crippen molar-refractivity contribution in [1.29, 1.82) is 0 Å². The first-order valence-electron chi connectivity index (χ1n) is 8.44. The Morgan fingerprint density at radius 1 is 0.857 bits per heavy atom. The van der Waals surface area contributed by atoms with E-state index in [1.54, 1.807) is 30.3 Å². The van der Waals surface area contributed by atoms with Crippen molar-refractivity contribution in [1.82, 2.24) is 9.88 Å². The molecule has 4 amide bonds. The number of nitrogens with zero attached hydrogens (tertiary/aromatic N) is 2. The summed E-state index contributed by atoms with van der Waals surface area (Å²) >= 11 is 3.33. The van der Waals surface area contributed by atoms with Gasteiger partial charge in [0.1, 0.15) is 5.57 Å². The fraction of sp³-hybridized carbons (Fsp3) is 0. The monoisotopic (exact) mass is 435 g/mol. The van der Waals surface area contributed by atoms with Crippen LogP contribution in [-0.2, 0) is 9.59 Å². The summed E-state index contributed by atoms with van der Waals surface area (Å²) < 4.78 is 2.57. The minimum Gasteiger partial charge on any atom is -0.317 e. The second-order valence-electron chi connectivity index (χ2n) is 6.08. The molecule has 2 heterocycles. The van der Waals surface area contributed by atoms with Crippen molar-refractivity contribution >= 4 is 45.5 Å². The molecule has 3 aromatic rings. The Morgan fingerprint density at radius 3 is 2.36 bits per heavy atom. The maximum Gasteiger partial charge on any atom is 0.335 e. The van der Waals surface area contributed by atoms with Gasteiger partial charge in [-0.1, -0.05) is 40.2 Å². The molecule has 0 saturated carbocycles. The fourth-order valence-corrected chi connectivity index (χ4v) is 3.38. The van der Waals surface area contributed by atoms with Crippen LogP contribution in [0.3, 0.4) is 0 Å². The van der Waals surface area contributed by atoms with E-state index >= 15 is 0 Å². The highest BCUT2D eigenvalue weighted by molar-refractivity contribution is 9.10. The zero-order valence-electron chi connectivity index (χ0n) is 14.5. The van der Waals surface area contributed by atoms with Gasteiger partial charge < -0.3 is 4.57 Å². The zero-order valence-corrected chi connectivity index (χ0v) is 16.1. The van der Waals surface area contributed by atoms with Gasteiger partial charge >= 0.3 is 6.03 Å². The first kappa shape index (κ1) is 17.9. The second-order valence-corrected chi connectivity index (χ2v) is 6.99. The molecule has 1 aliphatic rings. The quantitative estimate of drug-likeness (QED) is 0.500. The Labute approximate surface area is 169 Å². The van der Waals surface area contributed by atoms with Crippen LogP contribution in [0.5, 0.6) is 0 Å². The highest BCUT2D eigenvalue weighted by atomic mass is 79.9. The summed E-state index contributed by atoms with van der Waals surface area (Å²) in [6.45, 7) is 0. The van der Waals surface area contributed by atoms with Crippen molar-refractivity contribution in [2.75, 3.05) is 4.90 Å². The summed E-state index contributed by atoms with van der Waals surface area (Å²) in [5.74, 6) is -1.39. The van der Waals surface area contributed by atoms with Crippen molar-refractivity contribution < 1.29 is 14.4 Å². The third-order valence-electron chi connectivity index (χ3n) is 4.27. The van der Waals surface area contributed by atoms with Gasteiger partial charge in [-0.25, -0.2) is 9.69 Å². The number of hydrogen-bond acceptors (Lipinski definition) is 3. The van der Waals surface area contributed by atoms with Crippen LogP contribution in [0.4, 0.5) is 10.5 Å². The second kappa shape index (κ2) is 7.28. The molecule has 6 nitrogen and oxygen atoms in total. The minimum absolute atomic E-state index is 0.115. The first-order valence-corrected chi connectivity index (χ1v) is 9.24. The maximum absolute atomic E-state index is 13.0. The number of anilines is 1. The smallest absolute Gasteiger partial charge is 0.317 e. The van der Waals surface area contributed by atoms with E-state index in [4.69, 9.17) is 0 Å². The van der Waals surface area contributed by atoms with E-state index in [0.717, 1.165) is 10.6 Å². The molecule has 1 aromatic heterocycles. The van der Waals surface area contributed by atoms with Crippen LogP contribution in [-0.4, -0.2) is 22.4 Å². The van der Waals surface area contributed by atoms with Crippen LogP contribution < -0.4 is 10.2 Å².